The van der Waals surface area contributed by atoms with E-state index in [-0.39, 0.29) is 11.7 Å². The first-order valence-electron chi connectivity index (χ1n) is 5.83. The van der Waals surface area contributed by atoms with Crippen molar-refractivity contribution in [3.05, 3.63) is 16.0 Å². The Morgan fingerprint density at radius 2 is 2.25 bits per heavy atom. The van der Waals surface area contributed by atoms with Gasteiger partial charge in [-0.1, -0.05) is 11.3 Å². The number of nitrogens with zero attached hydrogens (tertiary/aromatic N) is 2. The van der Waals surface area contributed by atoms with E-state index in [1.807, 2.05) is 6.92 Å². The Morgan fingerprint density at radius 1 is 1.45 bits per heavy atom. The number of amides is 1. The summed E-state index contributed by atoms with van der Waals surface area (Å²) in [7, 11) is 1.62. The van der Waals surface area contributed by atoms with Gasteiger partial charge in [-0.2, -0.15) is 0 Å². The lowest BCUT2D eigenvalue weighted by atomic mass is 10.5. The third-order valence-corrected chi connectivity index (χ3v) is 4.14. The first kappa shape index (κ1) is 14.7. The van der Waals surface area contributed by atoms with Crippen molar-refractivity contribution < 1.29 is 9.53 Å². The third kappa shape index (κ3) is 3.65. The number of aryl methyl sites for hydroxylation is 1. The van der Waals surface area contributed by atoms with E-state index < -0.39 is 0 Å². The third-order valence-electron chi connectivity index (χ3n) is 2.28. The second kappa shape index (κ2) is 6.64. The van der Waals surface area contributed by atoms with Crippen LogP contribution in [0, 0.1) is 6.92 Å². The zero-order chi connectivity index (χ0) is 14.5. The SMILES string of the molecule is COCCNc1nc(N)c(C(=O)Nc2ncc(C)s2)s1. The van der Waals surface area contributed by atoms with Gasteiger partial charge in [-0.3, -0.25) is 10.1 Å². The van der Waals surface area contributed by atoms with Gasteiger partial charge in [0.15, 0.2) is 10.3 Å². The summed E-state index contributed by atoms with van der Waals surface area (Å²) in [6, 6.07) is 0. The number of nitrogen functional groups attached to an aromatic ring is 1. The van der Waals surface area contributed by atoms with Gasteiger partial charge in [0.1, 0.15) is 10.7 Å². The van der Waals surface area contributed by atoms with Gasteiger partial charge in [0.25, 0.3) is 5.91 Å². The normalized spacial score (nSPS) is 10.5. The van der Waals surface area contributed by atoms with Crippen molar-refractivity contribution in [2.75, 3.05) is 36.6 Å². The summed E-state index contributed by atoms with van der Waals surface area (Å²) in [6.07, 6.45) is 1.70. The fourth-order valence-corrected chi connectivity index (χ4v) is 2.86. The molecule has 0 bridgehead atoms. The van der Waals surface area contributed by atoms with Crippen LogP contribution in [0.2, 0.25) is 0 Å². The van der Waals surface area contributed by atoms with Crippen molar-refractivity contribution in [3.8, 4) is 0 Å². The van der Waals surface area contributed by atoms with E-state index in [2.05, 4.69) is 20.6 Å². The molecule has 0 atom stereocenters. The summed E-state index contributed by atoms with van der Waals surface area (Å²) >= 11 is 2.61. The van der Waals surface area contributed by atoms with Gasteiger partial charge in [0, 0.05) is 24.7 Å². The lowest BCUT2D eigenvalue weighted by Gasteiger charge is -1.99. The number of carbonyl (C=O) groups is 1. The fourth-order valence-electron chi connectivity index (χ4n) is 1.40. The van der Waals surface area contributed by atoms with Crippen molar-refractivity contribution in [2.24, 2.45) is 0 Å². The number of hydrogen-bond donors (Lipinski definition) is 3. The molecule has 0 aliphatic carbocycles. The number of anilines is 3. The summed E-state index contributed by atoms with van der Waals surface area (Å²) in [4.78, 5) is 21.7. The van der Waals surface area contributed by atoms with Crippen molar-refractivity contribution in [1.29, 1.82) is 0 Å². The van der Waals surface area contributed by atoms with E-state index >= 15 is 0 Å². The first-order valence-corrected chi connectivity index (χ1v) is 7.46. The minimum Gasteiger partial charge on any atom is -0.383 e. The minimum absolute atomic E-state index is 0.209. The molecule has 2 aromatic heterocycles. The van der Waals surface area contributed by atoms with Crippen LogP contribution < -0.4 is 16.4 Å². The topological polar surface area (TPSA) is 102 Å². The Hall–Kier alpha value is -1.71. The van der Waals surface area contributed by atoms with E-state index in [0.29, 0.717) is 28.3 Å². The number of carbonyl (C=O) groups excluding carboxylic acids is 1. The quantitative estimate of drug-likeness (QED) is 0.703. The predicted molar refractivity (Wildman–Crippen MR) is 81.7 cm³/mol. The van der Waals surface area contributed by atoms with Gasteiger partial charge in [0.2, 0.25) is 0 Å². The molecule has 0 aliphatic rings. The number of thiazole rings is 2. The molecule has 2 aromatic rings. The predicted octanol–water partition coefficient (Wildman–Crippen LogP) is 1.80. The molecule has 9 heteroatoms. The van der Waals surface area contributed by atoms with E-state index in [1.54, 1.807) is 13.3 Å². The average Bonchev–Trinajstić information content (AvgIpc) is 2.96. The molecular formula is C11H15N5O2S2. The molecule has 108 valence electrons. The molecule has 4 N–H and O–H groups in total. The maximum absolute atomic E-state index is 12.1. The molecule has 0 spiro atoms. The molecule has 0 fully saturated rings. The smallest absolute Gasteiger partial charge is 0.271 e. The standard InChI is InChI=1S/C11H15N5O2S2/c1-6-5-14-11(19-6)16-9(17)7-8(12)15-10(20-7)13-3-4-18-2/h5H,3-4,12H2,1-2H3,(H,13,15)(H,14,16,17). The Kier molecular flexibility index (Phi) is 4.88. The van der Waals surface area contributed by atoms with Crippen molar-refractivity contribution in [3.63, 3.8) is 0 Å². The summed E-state index contributed by atoms with van der Waals surface area (Å²) in [5.41, 5.74) is 5.76. The molecule has 0 saturated heterocycles. The lowest BCUT2D eigenvalue weighted by molar-refractivity contribution is 0.103. The van der Waals surface area contributed by atoms with Crippen LogP contribution in [0.4, 0.5) is 16.1 Å². The average molecular weight is 313 g/mol. The highest BCUT2D eigenvalue weighted by Crippen LogP contribution is 2.26. The lowest BCUT2D eigenvalue weighted by Crippen LogP contribution is -2.11. The molecule has 0 radical (unpaired) electrons. The molecule has 20 heavy (non-hydrogen) atoms. The van der Waals surface area contributed by atoms with Crippen LogP contribution in [0.3, 0.4) is 0 Å². The molecule has 0 saturated carbocycles. The summed E-state index contributed by atoms with van der Waals surface area (Å²) in [5.74, 6) is -0.0881. The molecule has 7 nitrogen and oxygen atoms in total. The monoisotopic (exact) mass is 313 g/mol. The number of hydrogen-bond acceptors (Lipinski definition) is 8. The van der Waals surface area contributed by atoms with Crippen LogP contribution in [-0.2, 0) is 4.74 Å². The van der Waals surface area contributed by atoms with E-state index in [9.17, 15) is 4.79 Å². The highest BCUT2D eigenvalue weighted by atomic mass is 32.1. The van der Waals surface area contributed by atoms with Crippen molar-refractivity contribution in [1.82, 2.24) is 9.97 Å². The van der Waals surface area contributed by atoms with Crippen molar-refractivity contribution in [2.45, 2.75) is 6.92 Å². The van der Waals surface area contributed by atoms with Gasteiger partial charge < -0.3 is 15.8 Å². The highest BCUT2D eigenvalue weighted by molar-refractivity contribution is 7.18. The van der Waals surface area contributed by atoms with Gasteiger partial charge in [0.05, 0.1) is 6.61 Å². The van der Waals surface area contributed by atoms with Crippen LogP contribution in [0.15, 0.2) is 6.20 Å². The number of aromatic nitrogens is 2. The Morgan fingerprint density at radius 3 is 2.90 bits per heavy atom. The minimum atomic E-state index is -0.297. The molecule has 1 amide bonds. The van der Waals surface area contributed by atoms with Crippen LogP contribution in [0.5, 0.6) is 0 Å². The fraction of sp³-hybridized carbons (Fsp3) is 0.364. The van der Waals surface area contributed by atoms with Gasteiger partial charge in [-0.15, -0.1) is 11.3 Å². The van der Waals surface area contributed by atoms with Gasteiger partial charge in [-0.25, -0.2) is 9.97 Å². The number of ether oxygens (including phenoxy) is 1. The molecule has 2 heterocycles. The largest absolute Gasteiger partial charge is 0.383 e. The molecular weight excluding hydrogens is 298 g/mol. The second-order valence-corrected chi connectivity index (χ2v) is 6.12. The summed E-state index contributed by atoms with van der Waals surface area (Å²) in [6.45, 7) is 3.09. The second-order valence-electron chi connectivity index (χ2n) is 3.88. The number of methoxy groups -OCH3 is 1. The number of nitrogens with two attached hydrogens (primary N) is 1. The van der Waals surface area contributed by atoms with Gasteiger partial charge >= 0.3 is 0 Å². The molecule has 2 rings (SSSR count). The van der Waals surface area contributed by atoms with Crippen LogP contribution in [0.1, 0.15) is 14.5 Å². The molecule has 0 aromatic carbocycles. The summed E-state index contributed by atoms with van der Waals surface area (Å²) < 4.78 is 4.93. The zero-order valence-corrected chi connectivity index (χ0v) is 12.7. The van der Waals surface area contributed by atoms with Crippen LogP contribution in [0.25, 0.3) is 0 Å². The van der Waals surface area contributed by atoms with Crippen LogP contribution >= 0.6 is 22.7 Å². The summed E-state index contributed by atoms with van der Waals surface area (Å²) in [5, 5.41) is 6.89. The van der Waals surface area contributed by atoms with Gasteiger partial charge in [-0.05, 0) is 6.92 Å². The van der Waals surface area contributed by atoms with E-state index in [0.717, 1.165) is 4.88 Å². The first-order chi connectivity index (χ1) is 9.60. The van der Waals surface area contributed by atoms with E-state index in [4.69, 9.17) is 10.5 Å². The number of rotatable bonds is 6. The zero-order valence-electron chi connectivity index (χ0n) is 11.1. The Bertz CT molecular complexity index is 595. The Labute approximate surface area is 124 Å². The maximum Gasteiger partial charge on any atom is 0.271 e. The molecule has 0 unspecified atom stereocenters. The van der Waals surface area contributed by atoms with E-state index in [1.165, 1.54) is 22.7 Å². The number of nitrogens with one attached hydrogen (secondary N) is 2. The maximum atomic E-state index is 12.1. The Balaban J connectivity index is 2.02. The van der Waals surface area contributed by atoms with Crippen molar-refractivity contribution >= 4 is 44.7 Å². The van der Waals surface area contributed by atoms with Crippen LogP contribution in [-0.4, -0.2) is 36.1 Å². The molecule has 0 aliphatic heterocycles. The highest BCUT2D eigenvalue weighted by Gasteiger charge is 2.17.